The molecule has 1 aliphatic heterocycles. The summed E-state index contributed by atoms with van der Waals surface area (Å²) in [6, 6.07) is 0. The van der Waals surface area contributed by atoms with Crippen LogP contribution in [0.25, 0.3) is 0 Å². The first kappa shape index (κ1) is 19.2. The number of rotatable bonds is 3. The normalized spacial score (nSPS) is 23.5. The van der Waals surface area contributed by atoms with Crippen molar-refractivity contribution in [1.29, 1.82) is 0 Å². The van der Waals surface area contributed by atoms with Crippen LogP contribution in [0.1, 0.15) is 54.4 Å². The predicted octanol–water partition coefficient (Wildman–Crippen LogP) is 3.93. The van der Waals surface area contributed by atoms with Gasteiger partial charge in [0.25, 0.3) is 0 Å². The monoisotopic (exact) mass is 329 g/mol. The molecule has 1 amide bonds. The van der Waals surface area contributed by atoms with Crippen LogP contribution in [0.4, 0.5) is 4.79 Å². The van der Waals surface area contributed by atoms with E-state index in [1.807, 2.05) is 20.8 Å². The molecule has 0 aromatic carbocycles. The van der Waals surface area contributed by atoms with Crippen LogP contribution in [0.5, 0.6) is 0 Å². The molecule has 0 saturated carbocycles. The van der Waals surface area contributed by atoms with Crippen LogP contribution in [0.3, 0.4) is 0 Å². The molecule has 1 atom stereocenters. The molecule has 0 aromatic heterocycles. The summed E-state index contributed by atoms with van der Waals surface area (Å²) in [5.41, 5.74) is -1.77. The predicted molar refractivity (Wildman–Crippen MR) is 89.3 cm³/mol. The molecule has 0 aromatic rings. The van der Waals surface area contributed by atoms with Crippen molar-refractivity contribution >= 4 is 20.7 Å². The summed E-state index contributed by atoms with van der Waals surface area (Å²) in [7, 11) is -2.19. The van der Waals surface area contributed by atoms with Crippen LogP contribution in [0, 0.1) is 0 Å². The number of carbonyl (C=O) groups excluding carboxylic acids is 2. The van der Waals surface area contributed by atoms with Gasteiger partial charge in [-0.1, -0.05) is 20.8 Å². The van der Waals surface area contributed by atoms with Crippen LogP contribution >= 0.6 is 0 Å². The molecule has 22 heavy (non-hydrogen) atoms. The van der Waals surface area contributed by atoms with Crippen molar-refractivity contribution in [3.63, 3.8) is 0 Å². The standard InChI is InChI=1S/C16H31NO4Si/c1-14(2,3)20-13(19)17-11-9-10-16(17,12-18)21-22(7,8)15(4,5)6/h12H,9-11H2,1-8H3. The third kappa shape index (κ3) is 4.10. The molecule has 0 radical (unpaired) electrons. The molecule has 5 nitrogen and oxygen atoms in total. The number of aldehydes is 1. The van der Waals surface area contributed by atoms with Gasteiger partial charge in [-0.3, -0.25) is 9.69 Å². The van der Waals surface area contributed by atoms with Crippen LogP contribution < -0.4 is 0 Å². The van der Waals surface area contributed by atoms with Gasteiger partial charge in [-0.15, -0.1) is 0 Å². The molecule has 0 N–H and O–H groups in total. The molecule has 0 bridgehead atoms. The van der Waals surface area contributed by atoms with Gasteiger partial charge in [0.2, 0.25) is 0 Å². The highest BCUT2D eigenvalue weighted by molar-refractivity contribution is 6.74. The van der Waals surface area contributed by atoms with Crippen molar-refractivity contribution in [2.75, 3.05) is 6.54 Å². The van der Waals surface area contributed by atoms with Crippen molar-refractivity contribution in [2.45, 2.75) is 83.8 Å². The summed E-state index contributed by atoms with van der Waals surface area (Å²) >= 11 is 0. The Labute approximate surface area is 135 Å². The maximum absolute atomic E-state index is 12.5. The first-order chi connectivity index (χ1) is 9.74. The van der Waals surface area contributed by atoms with E-state index in [-0.39, 0.29) is 5.04 Å². The Morgan fingerprint density at radius 2 is 1.73 bits per heavy atom. The minimum atomic E-state index is -2.19. The highest BCUT2D eigenvalue weighted by atomic mass is 28.4. The van der Waals surface area contributed by atoms with Gasteiger partial charge in [-0.05, 0) is 45.3 Å². The van der Waals surface area contributed by atoms with E-state index in [1.165, 1.54) is 4.90 Å². The van der Waals surface area contributed by atoms with Gasteiger partial charge in [0.05, 0.1) is 0 Å². The molecule has 128 valence electrons. The van der Waals surface area contributed by atoms with Crippen LogP contribution in [0.2, 0.25) is 18.1 Å². The number of hydrogen-bond donors (Lipinski definition) is 0. The second-order valence-corrected chi connectivity index (χ2v) is 13.3. The minimum Gasteiger partial charge on any atom is -0.444 e. The molecular weight excluding hydrogens is 298 g/mol. The number of amides is 1. The summed E-state index contributed by atoms with van der Waals surface area (Å²) in [6.45, 7) is 16.5. The van der Waals surface area contributed by atoms with Crippen molar-refractivity contribution < 1.29 is 18.8 Å². The van der Waals surface area contributed by atoms with Crippen LogP contribution in [-0.4, -0.2) is 43.5 Å². The Bertz CT molecular complexity index is 436. The molecular formula is C16H31NO4Si. The van der Waals surface area contributed by atoms with E-state index in [9.17, 15) is 9.59 Å². The highest BCUT2D eigenvalue weighted by Gasteiger charge is 2.52. The van der Waals surface area contributed by atoms with Crippen molar-refractivity contribution in [3.8, 4) is 0 Å². The van der Waals surface area contributed by atoms with E-state index in [4.69, 9.17) is 9.16 Å². The zero-order valence-corrected chi connectivity index (χ0v) is 16.3. The lowest BCUT2D eigenvalue weighted by atomic mass is 10.2. The zero-order valence-electron chi connectivity index (χ0n) is 15.3. The fourth-order valence-electron chi connectivity index (χ4n) is 2.23. The Balaban J connectivity index is 3.05. The van der Waals surface area contributed by atoms with E-state index in [0.717, 1.165) is 12.7 Å². The first-order valence-corrected chi connectivity index (χ1v) is 10.8. The molecule has 1 rings (SSSR count). The van der Waals surface area contributed by atoms with Gasteiger partial charge in [-0.25, -0.2) is 4.79 Å². The highest BCUT2D eigenvalue weighted by Crippen LogP contribution is 2.42. The Morgan fingerprint density at radius 1 is 1.18 bits per heavy atom. The molecule has 1 heterocycles. The third-order valence-corrected chi connectivity index (χ3v) is 8.89. The van der Waals surface area contributed by atoms with Gasteiger partial charge in [0, 0.05) is 13.0 Å². The molecule has 6 heteroatoms. The summed E-state index contributed by atoms with van der Waals surface area (Å²) < 4.78 is 11.8. The Morgan fingerprint density at radius 3 is 2.14 bits per heavy atom. The van der Waals surface area contributed by atoms with E-state index in [0.29, 0.717) is 13.0 Å². The molecule has 1 saturated heterocycles. The number of carbonyl (C=O) groups is 2. The van der Waals surface area contributed by atoms with E-state index in [1.54, 1.807) is 0 Å². The van der Waals surface area contributed by atoms with Gasteiger partial charge in [0.15, 0.2) is 20.3 Å². The number of nitrogens with zero attached hydrogens (tertiary/aromatic N) is 1. The molecule has 1 unspecified atom stereocenters. The Hall–Kier alpha value is -0.883. The molecule has 0 aliphatic carbocycles. The summed E-state index contributed by atoms with van der Waals surface area (Å²) in [5.74, 6) is 0. The maximum Gasteiger partial charge on any atom is 0.412 e. The lowest BCUT2D eigenvalue weighted by Gasteiger charge is -2.45. The summed E-state index contributed by atoms with van der Waals surface area (Å²) in [6.07, 6.45) is 1.58. The fraction of sp³-hybridized carbons (Fsp3) is 0.875. The van der Waals surface area contributed by atoms with Crippen molar-refractivity contribution in [3.05, 3.63) is 0 Å². The van der Waals surface area contributed by atoms with E-state index >= 15 is 0 Å². The summed E-state index contributed by atoms with van der Waals surface area (Å²) in [5, 5.41) is -0.0365. The smallest absolute Gasteiger partial charge is 0.412 e. The quantitative estimate of drug-likeness (QED) is 0.581. The minimum absolute atomic E-state index is 0.0365. The van der Waals surface area contributed by atoms with Gasteiger partial charge in [0.1, 0.15) is 5.60 Å². The topological polar surface area (TPSA) is 55.8 Å². The fourth-order valence-corrected chi connectivity index (χ4v) is 3.68. The number of hydrogen-bond acceptors (Lipinski definition) is 4. The molecule has 1 aliphatic rings. The summed E-state index contributed by atoms with van der Waals surface area (Å²) in [4.78, 5) is 25.8. The third-order valence-electron chi connectivity index (χ3n) is 4.41. The average molecular weight is 330 g/mol. The van der Waals surface area contributed by atoms with E-state index < -0.39 is 25.7 Å². The largest absolute Gasteiger partial charge is 0.444 e. The Kier molecular flexibility index (Phi) is 5.19. The lowest BCUT2D eigenvalue weighted by Crippen LogP contribution is -2.58. The van der Waals surface area contributed by atoms with Crippen molar-refractivity contribution in [1.82, 2.24) is 4.90 Å². The first-order valence-electron chi connectivity index (χ1n) is 7.91. The average Bonchev–Trinajstić information content (AvgIpc) is 2.68. The van der Waals surface area contributed by atoms with Crippen LogP contribution in [0.15, 0.2) is 0 Å². The SMILES string of the molecule is CC(C)(C)OC(=O)N1CCCC1(C=O)O[Si](C)(C)C(C)(C)C. The number of ether oxygens (including phenoxy) is 1. The second kappa shape index (κ2) is 5.96. The number of likely N-dealkylation sites (tertiary alicyclic amines) is 1. The van der Waals surface area contributed by atoms with E-state index in [2.05, 4.69) is 33.9 Å². The van der Waals surface area contributed by atoms with Crippen LogP contribution in [-0.2, 0) is 14.0 Å². The van der Waals surface area contributed by atoms with Gasteiger partial charge >= 0.3 is 6.09 Å². The lowest BCUT2D eigenvalue weighted by molar-refractivity contribution is -0.136. The second-order valence-electron chi connectivity index (χ2n) is 8.56. The maximum atomic E-state index is 12.5. The van der Waals surface area contributed by atoms with Gasteiger partial charge in [-0.2, -0.15) is 0 Å². The van der Waals surface area contributed by atoms with Gasteiger partial charge < -0.3 is 9.16 Å². The zero-order chi connectivity index (χ0) is 17.4. The van der Waals surface area contributed by atoms with Crippen molar-refractivity contribution in [2.24, 2.45) is 0 Å². The molecule has 0 spiro atoms. The molecule has 1 fully saturated rings.